The van der Waals surface area contributed by atoms with Gasteiger partial charge in [0.1, 0.15) is 0 Å². The smallest absolute Gasteiger partial charge is 0.247 e. The Hall–Kier alpha value is -1.66. The van der Waals surface area contributed by atoms with Gasteiger partial charge in [0, 0.05) is 24.6 Å². The summed E-state index contributed by atoms with van der Waals surface area (Å²) in [4.78, 5) is 13.4. The zero-order valence-corrected chi connectivity index (χ0v) is 12.2. The summed E-state index contributed by atoms with van der Waals surface area (Å²) in [5, 5.41) is 9.79. The number of rotatable bonds is 7. The first-order chi connectivity index (χ1) is 9.51. The maximum Gasteiger partial charge on any atom is 0.247 e. The summed E-state index contributed by atoms with van der Waals surface area (Å²) < 4.78 is 23.9. The average Bonchev–Trinajstić information content (AvgIpc) is 2.45. The van der Waals surface area contributed by atoms with Crippen molar-refractivity contribution in [1.82, 2.24) is 4.90 Å². The van der Waals surface area contributed by atoms with Gasteiger partial charge in [-0.05, 0) is 18.6 Å². The van der Waals surface area contributed by atoms with Gasteiger partial charge in [-0.25, -0.2) is 8.42 Å². The van der Waals surface area contributed by atoms with Crippen molar-refractivity contribution in [2.75, 3.05) is 19.7 Å². The standard InChI is InChI=1S/C14H19NO4S/c1-2-9-15(10-11-16)14(17)8-12-20(18,19)13-6-4-3-5-7-13/h3-8,12,16H,2,9-11H2,1H3. The summed E-state index contributed by atoms with van der Waals surface area (Å²) in [5.74, 6) is -0.416. The molecule has 0 unspecified atom stereocenters. The highest BCUT2D eigenvalue weighted by Gasteiger charge is 2.13. The summed E-state index contributed by atoms with van der Waals surface area (Å²) in [6, 6.07) is 7.91. The van der Waals surface area contributed by atoms with Crippen molar-refractivity contribution in [3.05, 3.63) is 41.8 Å². The summed E-state index contributed by atoms with van der Waals surface area (Å²) in [7, 11) is -3.61. The highest BCUT2D eigenvalue weighted by atomic mass is 32.2. The minimum atomic E-state index is -3.61. The fourth-order valence-electron chi connectivity index (χ4n) is 1.66. The van der Waals surface area contributed by atoms with Crippen molar-refractivity contribution >= 4 is 15.7 Å². The molecule has 0 heterocycles. The lowest BCUT2D eigenvalue weighted by molar-refractivity contribution is -0.126. The van der Waals surface area contributed by atoms with Gasteiger partial charge >= 0.3 is 0 Å². The predicted molar refractivity (Wildman–Crippen MR) is 76.7 cm³/mol. The van der Waals surface area contributed by atoms with Crippen LogP contribution in [0.3, 0.4) is 0 Å². The largest absolute Gasteiger partial charge is 0.395 e. The van der Waals surface area contributed by atoms with Crippen LogP contribution in [-0.4, -0.2) is 44.0 Å². The molecular weight excluding hydrogens is 278 g/mol. The van der Waals surface area contributed by atoms with Crippen LogP contribution in [0.2, 0.25) is 0 Å². The molecule has 0 aliphatic rings. The molecule has 0 radical (unpaired) electrons. The number of sulfone groups is 1. The maximum atomic E-state index is 12.0. The molecule has 0 aliphatic carbocycles. The van der Waals surface area contributed by atoms with Gasteiger partial charge in [-0.15, -0.1) is 0 Å². The molecule has 0 saturated carbocycles. The second-order valence-electron chi connectivity index (χ2n) is 4.21. The number of nitrogens with zero attached hydrogens (tertiary/aromatic N) is 1. The molecule has 0 aromatic heterocycles. The molecule has 0 bridgehead atoms. The van der Waals surface area contributed by atoms with E-state index in [0.717, 1.165) is 17.9 Å². The minimum absolute atomic E-state index is 0.147. The van der Waals surface area contributed by atoms with Crippen molar-refractivity contribution in [1.29, 1.82) is 0 Å². The third kappa shape index (κ3) is 4.79. The molecule has 1 rings (SSSR count). The normalized spacial score (nSPS) is 11.7. The lowest BCUT2D eigenvalue weighted by Crippen LogP contribution is -2.33. The van der Waals surface area contributed by atoms with Crippen molar-refractivity contribution in [2.24, 2.45) is 0 Å². The first-order valence-corrected chi connectivity index (χ1v) is 7.94. The third-order valence-corrected chi connectivity index (χ3v) is 4.06. The van der Waals surface area contributed by atoms with Gasteiger partial charge in [-0.2, -0.15) is 0 Å². The second kappa shape index (κ2) is 7.81. The maximum absolute atomic E-state index is 12.0. The third-order valence-electron chi connectivity index (χ3n) is 2.64. The topological polar surface area (TPSA) is 74.7 Å². The highest BCUT2D eigenvalue weighted by Crippen LogP contribution is 2.11. The van der Waals surface area contributed by atoms with Crippen molar-refractivity contribution in [3.63, 3.8) is 0 Å². The van der Waals surface area contributed by atoms with E-state index in [1.807, 2.05) is 6.92 Å². The van der Waals surface area contributed by atoms with Crippen molar-refractivity contribution < 1.29 is 18.3 Å². The number of aliphatic hydroxyl groups is 1. The highest BCUT2D eigenvalue weighted by molar-refractivity contribution is 7.94. The fourth-order valence-corrected chi connectivity index (χ4v) is 2.65. The molecule has 5 nitrogen and oxygen atoms in total. The monoisotopic (exact) mass is 297 g/mol. The molecule has 1 amide bonds. The van der Waals surface area contributed by atoms with Gasteiger partial charge in [-0.1, -0.05) is 25.1 Å². The van der Waals surface area contributed by atoms with Gasteiger partial charge in [0.15, 0.2) is 9.84 Å². The molecule has 0 atom stereocenters. The van der Waals surface area contributed by atoms with Crippen LogP contribution in [-0.2, 0) is 14.6 Å². The second-order valence-corrected chi connectivity index (χ2v) is 6.04. The summed E-state index contributed by atoms with van der Waals surface area (Å²) in [6.07, 6.45) is 1.78. The van der Waals surface area contributed by atoms with Gasteiger partial charge < -0.3 is 10.0 Å². The molecular formula is C14H19NO4S. The molecule has 1 aromatic carbocycles. The Kier molecular flexibility index (Phi) is 6.41. The van der Waals surface area contributed by atoms with Crippen LogP contribution in [0.25, 0.3) is 0 Å². The molecule has 6 heteroatoms. The molecule has 20 heavy (non-hydrogen) atoms. The Morgan fingerprint density at radius 3 is 2.45 bits per heavy atom. The Morgan fingerprint density at radius 2 is 1.90 bits per heavy atom. The fraction of sp³-hybridized carbons (Fsp3) is 0.357. The number of aliphatic hydroxyl groups excluding tert-OH is 1. The molecule has 110 valence electrons. The number of hydrogen-bond donors (Lipinski definition) is 1. The van der Waals surface area contributed by atoms with E-state index in [4.69, 9.17) is 5.11 Å². The predicted octanol–water partition coefficient (Wildman–Crippen LogP) is 1.20. The Balaban J connectivity index is 2.83. The van der Waals surface area contributed by atoms with Crippen LogP contribution in [0.15, 0.2) is 46.7 Å². The van der Waals surface area contributed by atoms with Crippen LogP contribution in [0, 0.1) is 0 Å². The Morgan fingerprint density at radius 1 is 1.25 bits per heavy atom. The van der Waals surface area contributed by atoms with Crippen LogP contribution in [0.5, 0.6) is 0 Å². The van der Waals surface area contributed by atoms with E-state index in [-0.39, 0.29) is 18.0 Å². The van der Waals surface area contributed by atoms with E-state index in [2.05, 4.69) is 0 Å². The summed E-state index contributed by atoms with van der Waals surface area (Å²) in [6.45, 7) is 2.44. The number of benzene rings is 1. The zero-order valence-electron chi connectivity index (χ0n) is 11.4. The number of carbonyl (C=O) groups excluding carboxylic acids is 1. The lowest BCUT2D eigenvalue weighted by atomic mass is 10.4. The number of amides is 1. The van der Waals surface area contributed by atoms with Gasteiger partial charge in [0.2, 0.25) is 5.91 Å². The van der Waals surface area contributed by atoms with Gasteiger partial charge in [0.05, 0.1) is 11.5 Å². The summed E-state index contributed by atoms with van der Waals surface area (Å²) in [5.41, 5.74) is 0. The molecule has 0 aliphatic heterocycles. The van der Waals surface area contributed by atoms with E-state index in [9.17, 15) is 13.2 Å². The molecule has 0 fully saturated rings. The van der Waals surface area contributed by atoms with E-state index >= 15 is 0 Å². The zero-order chi connectivity index (χ0) is 15.0. The molecule has 0 spiro atoms. The van der Waals surface area contributed by atoms with E-state index in [0.29, 0.717) is 6.54 Å². The van der Waals surface area contributed by atoms with Crippen molar-refractivity contribution in [3.8, 4) is 0 Å². The molecule has 1 N–H and O–H groups in total. The number of carbonyl (C=O) groups is 1. The summed E-state index contributed by atoms with van der Waals surface area (Å²) >= 11 is 0. The lowest BCUT2D eigenvalue weighted by Gasteiger charge is -2.18. The first kappa shape index (κ1) is 16.4. The van der Waals surface area contributed by atoms with Crippen LogP contribution in [0.4, 0.5) is 0 Å². The quantitative estimate of drug-likeness (QED) is 0.768. The van der Waals surface area contributed by atoms with Crippen molar-refractivity contribution in [2.45, 2.75) is 18.2 Å². The van der Waals surface area contributed by atoms with Gasteiger partial charge in [-0.3, -0.25) is 4.79 Å². The Labute approximate surface area is 119 Å². The minimum Gasteiger partial charge on any atom is -0.395 e. The Bertz CT molecular complexity index is 546. The van der Waals surface area contributed by atoms with Gasteiger partial charge in [0.25, 0.3) is 0 Å². The molecule has 0 saturated heterocycles. The first-order valence-electron chi connectivity index (χ1n) is 6.39. The number of hydrogen-bond acceptors (Lipinski definition) is 4. The SMILES string of the molecule is CCCN(CCO)C(=O)C=CS(=O)(=O)c1ccccc1. The van der Waals surface area contributed by atoms with Crippen LogP contribution in [0.1, 0.15) is 13.3 Å². The van der Waals surface area contributed by atoms with E-state index in [1.165, 1.54) is 17.0 Å². The average molecular weight is 297 g/mol. The van der Waals surface area contributed by atoms with Crippen LogP contribution >= 0.6 is 0 Å². The van der Waals surface area contributed by atoms with Crippen LogP contribution < -0.4 is 0 Å². The van der Waals surface area contributed by atoms with E-state index < -0.39 is 15.7 Å². The van der Waals surface area contributed by atoms with E-state index in [1.54, 1.807) is 18.2 Å². The molecule has 1 aromatic rings.